The second-order valence-electron chi connectivity index (χ2n) is 8.19. The van der Waals surface area contributed by atoms with Gasteiger partial charge in [0, 0.05) is 34.2 Å². The SMILES string of the molecule is Cc1nc(C)c(C(=O)Nc2ccc(OC[C@H]3CCCCN3)c(-c3c(C)ncnc3C)c2)s1. The summed E-state index contributed by atoms with van der Waals surface area (Å²) in [4.78, 5) is 26.6. The van der Waals surface area contributed by atoms with E-state index in [1.54, 1.807) is 6.33 Å². The lowest BCUT2D eigenvalue weighted by molar-refractivity contribution is 0.103. The summed E-state index contributed by atoms with van der Waals surface area (Å²) in [5.41, 5.74) is 4.99. The Morgan fingerprint density at radius 3 is 2.59 bits per heavy atom. The summed E-state index contributed by atoms with van der Waals surface area (Å²) in [6.07, 6.45) is 5.12. The number of amides is 1. The van der Waals surface area contributed by atoms with E-state index >= 15 is 0 Å². The first-order chi connectivity index (χ1) is 15.4. The third kappa shape index (κ3) is 4.97. The minimum absolute atomic E-state index is 0.156. The van der Waals surface area contributed by atoms with Gasteiger partial charge in [0.05, 0.1) is 10.7 Å². The molecule has 7 nitrogen and oxygen atoms in total. The predicted molar refractivity (Wildman–Crippen MR) is 128 cm³/mol. The molecule has 168 valence electrons. The highest BCUT2D eigenvalue weighted by atomic mass is 32.1. The number of hydrogen-bond donors (Lipinski definition) is 2. The van der Waals surface area contributed by atoms with Crippen LogP contribution in [0.3, 0.4) is 0 Å². The molecule has 3 heterocycles. The maximum Gasteiger partial charge on any atom is 0.267 e. The Bertz CT molecular complexity index is 1100. The number of nitrogens with one attached hydrogen (secondary N) is 2. The zero-order valence-corrected chi connectivity index (χ0v) is 19.8. The average molecular weight is 452 g/mol. The molecule has 0 bridgehead atoms. The fourth-order valence-electron chi connectivity index (χ4n) is 4.10. The van der Waals surface area contributed by atoms with Gasteiger partial charge in [-0.2, -0.15) is 0 Å². The van der Waals surface area contributed by atoms with E-state index in [0.29, 0.717) is 23.2 Å². The molecule has 0 aliphatic carbocycles. The molecule has 1 fully saturated rings. The molecule has 1 atom stereocenters. The van der Waals surface area contributed by atoms with Gasteiger partial charge in [-0.15, -0.1) is 11.3 Å². The van der Waals surface area contributed by atoms with Crippen molar-refractivity contribution in [1.29, 1.82) is 0 Å². The summed E-state index contributed by atoms with van der Waals surface area (Å²) in [7, 11) is 0. The number of carbonyl (C=O) groups excluding carboxylic acids is 1. The highest BCUT2D eigenvalue weighted by Gasteiger charge is 2.19. The van der Waals surface area contributed by atoms with Crippen LogP contribution < -0.4 is 15.4 Å². The third-order valence-electron chi connectivity index (χ3n) is 5.70. The van der Waals surface area contributed by atoms with Crippen molar-refractivity contribution in [2.45, 2.75) is 53.0 Å². The fraction of sp³-hybridized carbons (Fsp3) is 0.417. The Kier molecular flexibility index (Phi) is 6.81. The van der Waals surface area contributed by atoms with E-state index in [1.165, 1.54) is 24.2 Å². The molecule has 0 unspecified atom stereocenters. The normalized spacial score (nSPS) is 16.1. The highest BCUT2D eigenvalue weighted by Crippen LogP contribution is 2.36. The number of ether oxygens (including phenoxy) is 1. The van der Waals surface area contributed by atoms with E-state index in [2.05, 4.69) is 25.6 Å². The van der Waals surface area contributed by atoms with Gasteiger partial charge in [-0.3, -0.25) is 4.79 Å². The largest absolute Gasteiger partial charge is 0.491 e. The minimum atomic E-state index is -0.156. The first-order valence-electron chi connectivity index (χ1n) is 11.0. The van der Waals surface area contributed by atoms with Crippen molar-refractivity contribution in [3.63, 3.8) is 0 Å². The molecule has 2 aromatic heterocycles. The van der Waals surface area contributed by atoms with E-state index in [9.17, 15) is 4.79 Å². The van der Waals surface area contributed by atoms with E-state index in [4.69, 9.17) is 4.74 Å². The molecule has 1 amide bonds. The molecule has 8 heteroatoms. The summed E-state index contributed by atoms with van der Waals surface area (Å²) in [5.74, 6) is 0.609. The van der Waals surface area contributed by atoms with Gasteiger partial charge >= 0.3 is 0 Å². The molecule has 1 aromatic carbocycles. The summed E-state index contributed by atoms with van der Waals surface area (Å²) in [6.45, 7) is 9.32. The highest BCUT2D eigenvalue weighted by molar-refractivity contribution is 7.13. The number of nitrogens with zero attached hydrogens (tertiary/aromatic N) is 3. The Hall–Kier alpha value is -2.84. The maximum absolute atomic E-state index is 12.8. The van der Waals surface area contributed by atoms with Gasteiger partial charge in [-0.25, -0.2) is 15.0 Å². The van der Waals surface area contributed by atoms with E-state index in [-0.39, 0.29) is 5.91 Å². The van der Waals surface area contributed by atoms with Crippen molar-refractivity contribution >= 4 is 22.9 Å². The second kappa shape index (κ2) is 9.75. The van der Waals surface area contributed by atoms with Gasteiger partial charge in [0.15, 0.2) is 0 Å². The number of anilines is 1. The van der Waals surface area contributed by atoms with Crippen molar-refractivity contribution in [2.24, 2.45) is 0 Å². The molecule has 32 heavy (non-hydrogen) atoms. The van der Waals surface area contributed by atoms with E-state index < -0.39 is 0 Å². The maximum atomic E-state index is 12.8. The van der Waals surface area contributed by atoms with Crippen LogP contribution in [0.1, 0.15) is 51.0 Å². The summed E-state index contributed by atoms with van der Waals surface area (Å²) in [6, 6.07) is 6.10. The summed E-state index contributed by atoms with van der Waals surface area (Å²) < 4.78 is 6.27. The Labute approximate surface area is 192 Å². The quantitative estimate of drug-likeness (QED) is 0.569. The smallest absolute Gasteiger partial charge is 0.267 e. The molecule has 0 radical (unpaired) electrons. The topological polar surface area (TPSA) is 89.0 Å². The predicted octanol–water partition coefficient (Wildman–Crippen LogP) is 4.61. The lowest BCUT2D eigenvalue weighted by Gasteiger charge is -2.24. The molecule has 1 aliphatic rings. The minimum Gasteiger partial charge on any atom is -0.491 e. The van der Waals surface area contributed by atoms with Crippen LogP contribution >= 0.6 is 11.3 Å². The fourth-order valence-corrected chi connectivity index (χ4v) is 4.91. The van der Waals surface area contributed by atoms with Crippen molar-refractivity contribution in [3.05, 3.63) is 51.5 Å². The van der Waals surface area contributed by atoms with Gasteiger partial charge in [0.25, 0.3) is 5.91 Å². The average Bonchev–Trinajstić information content (AvgIpc) is 3.12. The lowest BCUT2D eigenvalue weighted by atomic mass is 10.0. The first kappa shape index (κ1) is 22.4. The van der Waals surface area contributed by atoms with Crippen LogP contribution in [0.25, 0.3) is 11.1 Å². The Balaban J connectivity index is 1.64. The Morgan fingerprint density at radius 1 is 1.16 bits per heavy atom. The van der Waals surface area contributed by atoms with Gasteiger partial charge in [-0.05, 0) is 65.3 Å². The van der Waals surface area contributed by atoms with Crippen molar-refractivity contribution in [2.75, 3.05) is 18.5 Å². The molecule has 1 aliphatic heterocycles. The molecule has 4 rings (SSSR count). The summed E-state index contributed by atoms with van der Waals surface area (Å²) in [5, 5.41) is 7.42. The van der Waals surface area contributed by atoms with Crippen LogP contribution in [0.2, 0.25) is 0 Å². The number of rotatable bonds is 6. The number of piperidine rings is 1. The monoisotopic (exact) mass is 451 g/mol. The van der Waals surface area contributed by atoms with Crippen LogP contribution in [0.5, 0.6) is 5.75 Å². The Morgan fingerprint density at radius 2 is 1.94 bits per heavy atom. The van der Waals surface area contributed by atoms with Crippen molar-refractivity contribution in [3.8, 4) is 16.9 Å². The van der Waals surface area contributed by atoms with Crippen molar-refractivity contribution in [1.82, 2.24) is 20.3 Å². The number of benzene rings is 1. The summed E-state index contributed by atoms with van der Waals surface area (Å²) >= 11 is 1.40. The van der Waals surface area contributed by atoms with E-state index in [1.807, 2.05) is 45.9 Å². The van der Waals surface area contributed by atoms with Crippen LogP contribution in [0, 0.1) is 27.7 Å². The van der Waals surface area contributed by atoms with Gasteiger partial charge in [-0.1, -0.05) is 6.42 Å². The molecule has 0 saturated carbocycles. The molecule has 3 aromatic rings. The standard InChI is InChI=1S/C24H29N5O2S/c1-14-22(15(2)27-13-26-14)20-11-18(29-24(30)23-16(3)28-17(4)32-23)8-9-21(20)31-12-19-7-5-6-10-25-19/h8-9,11,13,19,25H,5-7,10,12H2,1-4H3,(H,29,30)/t19-/m1/s1. The second-order valence-corrected chi connectivity index (χ2v) is 9.39. The van der Waals surface area contributed by atoms with Crippen LogP contribution in [0.4, 0.5) is 5.69 Å². The van der Waals surface area contributed by atoms with Crippen molar-refractivity contribution < 1.29 is 9.53 Å². The number of carbonyl (C=O) groups is 1. The van der Waals surface area contributed by atoms with Crippen LogP contribution in [-0.4, -0.2) is 40.1 Å². The van der Waals surface area contributed by atoms with Gasteiger partial charge in [0.1, 0.15) is 23.6 Å². The first-order valence-corrected chi connectivity index (χ1v) is 11.8. The lowest BCUT2D eigenvalue weighted by Crippen LogP contribution is -2.38. The molecular weight excluding hydrogens is 422 g/mol. The molecule has 1 saturated heterocycles. The number of thiazole rings is 1. The zero-order valence-electron chi connectivity index (χ0n) is 19.0. The van der Waals surface area contributed by atoms with E-state index in [0.717, 1.165) is 51.9 Å². The van der Waals surface area contributed by atoms with Gasteiger partial charge < -0.3 is 15.4 Å². The van der Waals surface area contributed by atoms with Crippen LogP contribution in [0.15, 0.2) is 24.5 Å². The molecule has 2 N–H and O–H groups in total. The molecule has 0 spiro atoms. The zero-order chi connectivity index (χ0) is 22.7. The number of aryl methyl sites for hydroxylation is 4. The van der Waals surface area contributed by atoms with Gasteiger partial charge in [0.2, 0.25) is 0 Å². The number of hydrogen-bond acceptors (Lipinski definition) is 7. The van der Waals surface area contributed by atoms with Crippen LogP contribution in [-0.2, 0) is 0 Å². The molecular formula is C24H29N5O2S. The third-order valence-corrected chi connectivity index (χ3v) is 6.77. The number of aromatic nitrogens is 3.